The Hall–Kier alpha value is -0.100. The molecule has 1 rings (SSSR count). The summed E-state index contributed by atoms with van der Waals surface area (Å²) in [6.45, 7) is 3.62. The van der Waals surface area contributed by atoms with Gasteiger partial charge >= 0.3 is 0 Å². The Kier molecular flexibility index (Phi) is 11.2. The number of benzene rings is 1. The number of hydrogen-bond donors (Lipinski definition) is 0. The van der Waals surface area contributed by atoms with Gasteiger partial charge in [-0.25, -0.2) is 0 Å². The van der Waals surface area contributed by atoms with E-state index in [2.05, 4.69) is 35.0 Å². The summed E-state index contributed by atoms with van der Waals surface area (Å²) < 4.78 is 13.0. The van der Waals surface area contributed by atoms with Crippen molar-refractivity contribution in [2.24, 2.45) is 0 Å². The van der Waals surface area contributed by atoms with Crippen LogP contribution in [0.25, 0.3) is 0 Å². The highest BCUT2D eigenvalue weighted by atomic mass is 79.9. The number of unbranched alkanes of at least 4 members (excludes halogenated alkanes) is 3. The fourth-order valence-electron chi connectivity index (χ4n) is 2.03. The summed E-state index contributed by atoms with van der Waals surface area (Å²) in [5.41, 5.74) is 1.22. The van der Waals surface area contributed by atoms with Crippen LogP contribution >= 0.6 is 39.9 Å². The monoisotopic (exact) mass is 404 g/mol. The van der Waals surface area contributed by atoms with E-state index in [0.29, 0.717) is 11.0 Å². The van der Waals surface area contributed by atoms with Crippen LogP contribution in [0.1, 0.15) is 44.6 Å². The van der Waals surface area contributed by atoms with Gasteiger partial charge in [0, 0.05) is 11.1 Å². The third-order valence-electron chi connectivity index (χ3n) is 3.30. The van der Waals surface area contributed by atoms with Crippen molar-refractivity contribution in [3.63, 3.8) is 0 Å². The van der Waals surface area contributed by atoms with Gasteiger partial charge in [-0.05, 0) is 62.4 Å². The molecule has 0 spiro atoms. The van der Waals surface area contributed by atoms with Crippen molar-refractivity contribution in [1.82, 2.24) is 0 Å². The maximum Gasteiger partial charge on any atom is 0.219 e. The van der Waals surface area contributed by atoms with Gasteiger partial charge < -0.3 is 9.47 Å². The molecular formula is C17H25BrO2S2. The van der Waals surface area contributed by atoms with E-state index < -0.39 is 0 Å². The van der Waals surface area contributed by atoms with E-state index in [4.69, 9.17) is 21.7 Å². The molecule has 1 aromatic carbocycles. The van der Waals surface area contributed by atoms with Crippen LogP contribution in [-0.2, 0) is 16.1 Å². The van der Waals surface area contributed by atoms with Crippen molar-refractivity contribution in [1.29, 1.82) is 0 Å². The Balaban J connectivity index is 1.93. The van der Waals surface area contributed by atoms with Crippen LogP contribution in [0.5, 0.6) is 0 Å². The molecule has 0 fully saturated rings. The van der Waals surface area contributed by atoms with E-state index in [1.54, 1.807) is 0 Å². The molecule has 0 radical (unpaired) electrons. The van der Waals surface area contributed by atoms with E-state index in [9.17, 15) is 0 Å². The molecule has 0 amide bonds. The normalized spacial score (nSPS) is 12.1. The van der Waals surface area contributed by atoms with Crippen molar-refractivity contribution >= 4 is 44.3 Å². The van der Waals surface area contributed by atoms with Gasteiger partial charge in [-0.3, -0.25) is 0 Å². The third-order valence-corrected chi connectivity index (χ3v) is 4.85. The molecule has 0 aliphatic carbocycles. The standard InChI is InChI=1S/C17H25BrO2S2/c1-14(20-17(21)22-2)7-5-3-4-6-12-19-13-15-8-10-16(18)11-9-15/h8-11,14H,3-7,12-13H2,1-2H3. The lowest BCUT2D eigenvalue weighted by molar-refractivity contribution is 0.116. The molecule has 124 valence electrons. The second kappa shape index (κ2) is 12.3. The molecule has 0 heterocycles. The number of rotatable bonds is 10. The Labute approximate surface area is 152 Å². The van der Waals surface area contributed by atoms with Crippen molar-refractivity contribution in [2.75, 3.05) is 12.9 Å². The van der Waals surface area contributed by atoms with Gasteiger partial charge in [-0.1, -0.05) is 52.7 Å². The molecule has 0 saturated heterocycles. The van der Waals surface area contributed by atoms with Crippen molar-refractivity contribution in [3.8, 4) is 0 Å². The van der Waals surface area contributed by atoms with Gasteiger partial charge in [0.05, 0.1) is 12.7 Å². The highest BCUT2D eigenvalue weighted by molar-refractivity contribution is 9.10. The minimum Gasteiger partial charge on any atom is -0.476 e. The van der Waals surface area contributed by atoms with Crippen LogP contribution < -0.4 is 0 Å². The SMILES string of the molecule is CSC(=S)OC(C)CCCCCCOCc1ccc(Br)cc1. The smallest absolute Gasteiger partial charge is 0.219 e. The molecule has 2 nitrogen and oxygen atoms in total. The third kappa shape index (κ3) is 9.82. The average molecular weight is 405 g/mol. The summed E-state index contributed by atoms with van der Waals surface area (Å²) in [7, 11) is 0. The average Bonchev–Trinajstić information content (AvgIpc) is 2.51. The van der Waals surface area contributed by atoms with E-state index in [1.807, 2.05) is 18.4 Å². The van der Waals surface area contributed by atoms with Gasteiger partial charge in [-0.2, -0.15) is 0 Å². The predicted molar refractivity (Wildman–Crippen MR) is 104 cm³/mol. The van der Waals surface area contributed by atoms with Crippen molar-refractivity contribution in [2.45, 2.75) is 51.7 Å². The van der Waals surface area contributed by atoms with Crippen LogP contribution in [-0.4, -0.2) is 23.3 Å². The molecule has 22 heavy (non-hydrogen) atoms. The first-order valence-electron chi connectivity index (χ1n) is 7.68. The highest BCUT2D eigenvalue weighted by Gasteiger charge is 2.04. The Morgan fingerprint density at radius 3 is 2.55 bits per heavy atom. The van der Waals surface area contributed by atoms with Gasteiger partial charge in [0.15, 0.2) is 0 Å². The summed E-state index contributed by atoms with van der Waals surface area (Å²) >= 11 is 9.98. The zero-order valence-corrected chi connectivity index (χ0v) is 16.6. The Bertz CT molecular complexity index is 423. The zero-order valence-electron chi connectivity index (χ0n) is 13.3. The predicted octanol–water partition coefficient (Wildman–Crippen LogP) is 5.97. The molecular weight excluding hydrogens is 380 g/mol. The molecule has 0 aliphatic rings. The minimum absolute atomic E-state index is 0.230. The minimum atomic E-state index is 0.230. The number of ether oxygens (including phenoxy) is 2. The highest BCUT2D eigenvalue weighted by Crippen LogP contribution is 2.13. The van der Waals surface area contributed by atoms with Crippen LogP contribution in [0.15, 0.2) is 28.7 Å². The largest absolute Gasteiger partial charge is 0.476 e. The second-order valence-electron chi connectivity index (χ2n) is 5.26. The molecule has 5 heteroatoms. The van der Waals surface area contributed by atoms with Crippen molar-refractivity contribution < 1.29 is 9.47 Å². The van der Waals surface area contributed by atoms with E-state index in [0.717, 1.165) is 23.9 Å². The van der Waals surface area contributed by atoms with E-state index >= 15 is 0 Å². The Morgan fingerprint density at radius 2 is 1.86 bits per heavy atom. The summed E-state index contributed by atoms with van der Waals surface area (Å²) in [4.78, 5) is 0. The van der Waals surface area contributed by atoms with Gasteiger partial charge in [-0.15, -0.1) is 0 Å². The molecule has 0 aliphatic heterocycles. The fourth-order valence-corrected chi connectivity index (χ4v) is 2.72. The van der Waals surface area contributed by atoms with E-state index in [-0.39, 0.29) is 6.10 Å². The topological polar surface area (TPSA) is 18.5 Å². The summed E-state index contributed by atoms with van der Waals surface area (Å²) in [5.74, 6) is 0. The maximum atomic E-state index is 5.69. The van der Waals surface area contributed by atoms with E-state index in [1.165, 1.54) is 36.6 Å². The lowest BCUT2D eigenvalue weighted by Crippen LogP contribution is -2.10. The first kappa shape index (κ1) is 19.9. The fraction of sp³-hybridized carbons (Fsp3) is 0.588. The van der Waals surface area contributed by atoms with Crippen LogP contribution in [0.2, 0.25) is 0 Å². The number of halogens is 1. The maximum absolute atomic E-state index is 5.69. The van der Waals surface area contributed by atoms with Crippen LogP contribution in [0.4, 0.5) is 0 Å². The first-order chi connectivity index (χ1) is 10.6. The lowest BCUT2D eigenvalue weighted by atomic mass is 10.1. The number of thiocarbonyl (C=S) groups is 1. The van der Waals surface area contributed by atoms with Gasteiger partial charge in [0.2, 0.25) is 4.38 Å². The van der Waals surface area contributed by atoms with Gasteiger partial charge in [0.25, 0.3) is 0 Å². The molecule has 0 N–H and O–H groups in total. The number of thioether (sulfide) groups is 1. The quantitative estimate of drug-likeness (QED) is 0.353. The number of hydrogen-bond acceptors (Lipinski definition) is 4. The molecule has 1 atom stereocenters. The zero-order chi connectivity index (χ0) is 16.2. The molecule has 1 aromatic rings. The van der Waals surface area contributed by atoms with Crippen LogP contribution in [0, 0.1) is 0 Å². The second-order valence-corrected chi connectivity index (χ2v) is 7.59. The molecule has 0 aromatic heterocycles. The Morgan fingerprint density at radius 1 is 1.18 bits per heavy atom. The molecule has 0 saturated carbocycles. The molecule has 0 bridgehead atoms. The van der Waals surface area contributed by atoms with Crippen LogP contribution in [0.3, 0.4) is 0 Å². The summed E-state index contributed by atoms with van der Waals surface area (Å²) in [6.07, 6.45) is 7.99. The summed E-state index contributed by atoms with van der Waals surface area (Å²) in [5, 5.41) is 0. The first-order valence-corrected chi connectivity index (χ1v) is 10.1. The van der Waals surface area contributed by atoms with Crippen molar-refractivity contribution in [3.05, 3.63) is 34.3 Å². The lowest BCUT2D eigenvalue weighted by Gasteiger charge is -2.13. The molecule has 1 unspecified atom stereocenters. The summed E-state index contributed by atoms with van der Waals surface area (Å²) in [6, 6.07) is 8.27. The van der Waals surface area contributed by atoms with Gasteiger partial charge in [0.1, 0.15) is 0 Å².